The zero-order chi connectivity index (χ0) is 24.2. The molecule has 0 aliphatic carbocycles. The Hall–Kier alpha value is -3.03. The van der Waals surface area contributed by atoms with E-state index in [0.717, 1.165) is 18.2 Å². The maximum atomic E-state index is 13.1. The molecule has 0 fully saturated rings. The fourth-order valence-corrected chi connectivity index (χ4v) is 4.30. The maximum Gasteiger partial charge on any atom is 0.417 e. The molecule has 2 aromatic rings. The highest BCUT2D eigenvalue weighted by Crippen LogP contribution is 2.35. The summed E-state index contributed by atoms with van der Waals surface area (Å²) < 4.78 is 81.9. The second kappa shape index (κ2) is 9.85. The summed E-state index contributed by atoms with van der Waals surface area (Å²) in [7, 11) is -4.65. The van der Waals surface area contributed by atoms with Crippen LogP contribution in [-0.4, -0.2) is 51.5 Å². The van der Waals surface area contributed by atoms with E-state index in [9.17, 15) is 31.5 Å². The molecule has 2 aromatic carbocycles. The number of alkyl halides is 3. The van der Waals surface area contributed by atoms with Gasteiger partial charge < -0.3 is 24.6 Å². The highest BCUT2D eigenvalue weighted by atomic mass is 32.2. The van der Waals surface area contributed by atoms with Gasteiger partial charge in [0.2, 0.25) is 22.7 Å². The number of rotatable bonds is 9. The van der Waals surface area contributed by atoms with Crippen LogP contribution in [0.4, 0.5) is 13.2 Å². The van der Waals surface area contributed by atoms with Crippen LogP contribution in [0.3, 0.4) is 0 Å². The summed E-state index contributed by atoms with van der Waals surface area (Å²) in [5.74, 6) is 0.604. The van der Waals surface area contributed by atoms with Crippen LogP contribution in [0.1, 0.15) is 12.5 Å². The summed E-state index contributed by atoms with van der Waals surface area (Å²) in [5, 5.41) is 12.3. The first-order valence-corrected chi connectivity index (χ1v) is 11.1. The van der Waals surface area contributed by atoms with Gasteiger partial charge >= 0.3 is 6.18 Å². The number of amides is 1. The average Bonchev–Trinajstić information content (AvgIpc) is 3.23. The van der Waals surface area contributed by atoms with E-state index in [2.05, 4.69) is 5.32 Å². The van der Waals surface area contributed by atoms with Crippen molar-refractivity contribution in [1.82, 2.24) is 10.0 Å². The van der Waals surface area contributed by atoms with Gasteiger partial charge in [-0.2, -0.15) is 17.9 Å². The van der Waals surface area contributed by atoms with Gasteiger partial charge in [0.05, 0.1) is 16.5 Å². The number of carbonyl (C=O) groups is 1. The number of fused-ring (bicyclic) bond motifs is 1. The molecule has 33 heavy (non-hydrogen) atoms. The van der Waals surface area contributed by atoms with Crippen LogP contribution in [0.15, 0.2) is 47.4 Å². The van der Waals surface area contributed by atoms with Crippen molar-refractivity contribution in [2.45, 2.75) is 30.1 Å². The number of halogens is 3. The van der Waals surface area contributed by atoms with Gasteiger partial charge in [-0.3, -0.25) is 4.79 Å². The number of aliphatic hydroxyl groups is 1. The van der Waals surface area contributed by atoms with E-state index in [1.807, 2.05) is 4.72 Å². The van der Waals surface area contributed by atoms with E-state index in [1.54, 1.807) is 18.2 Å². The summed E-state index contributed by atoms with van der Waals surface area (Å²) in [5.41, 5.74) is -1.35. The van der Waals surface area contributed by atoms with Crippen molar-refractivity contribution in [3.05, 3.63) is 48.0 Å². The topological polar surface area (TPSA) is 123 Å². The average molecular weight is 490 g/mol. The summed E-state index contributed by atoms with van der Waals surface area (Å²) in [6.45, 7) is 0.781. The summed E-state index contributed by atoms with van der Waals surface area (Å²) in [6, 6.07) is 7.05. The molecule has 1 amide bonds. The monoisotopic (exact) mass is 490 g/mol. The third-order valence-corrected chi connectivity index (χ3v) is 6.10. The number of nitrogens with one attached hydrogen (secondary N) is 2. The SMILES string of the molecule is C[C@H](NS(=O)(=O)c1ccccc1C(F)(F)F)C(=O)NCC(O)COc1ccc2c(c1)OCO2. The number of hydrogen-bond donors (Lipinski definition) is 3. The summed E-state index contributed by atoms with van der Waals surface area (Å²) in [6.07, 6.45) is -6.03. The highest BCUT2D eigenvalue weighted by molar-refractivity contribution is 7.89. The van der Waals surface area contributed by atoms with Crippen LogP contribution in [0.2, 0.25) is 0 Å². The van der Waals surface area contributed by atoms with Crippen molar-refractivity contribution < 1.29 is 45.7 Å². The molecule has 9 nitrogen and oxygen atoms in total. The van der Waals surface area contributed by atoms with Crippen molar-refractivity contribution >= 4 is 15.9 Å². The van der Waals surface area contributed by atoms with E-state index in [0.29, 0.717) is 23.3 Å². The van der Waals surface area contributed by atoms with E-state index >= 15 is 0 Å². The Morgan fingerprint density at radius 2 is 1.88 bits per heavy atom. The quantitative estimate of drug-likeness (QED) is 0.489. The lowest BCUT2D eigenvalue weighted by Gasteiger charge is -2.18. The van der Waals surface area contributed by atoms with Crippen LogP contribution in [-0.2, 0) is 21.0 Å². The zero-order valence-electron chi connectivity index (χ0n) is 17.3. The third kappa shape index (κ3) is 6.27. The largest absolute Gasteiger partial charge is 0.491 e. The molecule has 3 N–H and O–H groups in total. The van der Waals surface area contributed by atoms with Crippen molar-refractivity contribution in [3.63, 3.8) is 0 Å². The molecule has 0 bridgehead atoms. The van der Waals surface area contributed by atoms with Crippen molar-refractivity contribution in [1.29, 1.82) is 0 Å². The lowest BCUT2D eigenvalue weighted by molar-refractivity contribution is -0.139. The van der Waals surface area contributed by atoms with E-state index in [4.69, 9.17) is 14.2 Å². The van der Waals surface area contributed by atoms with Crippen LogP contribution in [0.5, 0.6) is 17.2 Å². The first-order chi connectivity index (χ1) is 15.5. The van der Waals surface area contributed by atoms with Gasteiger partial charge in [0.25, 0.3) is 0 Å². The predicted octanol–water partition coefficient (Wildman–Crippen LogP) is 1.66. The number of hydrogen-bond acceptors (Lipinski definition) is 7. The van der Waals surface area contributed by atoms with Crippen LogP contribution in [0, 0.1) is 0 Å². The standard InChI is InChI=1S/C20H21F3N2O7S/c1-12(25-33(28,29)18-5-3-2-4-15(18)20(21,22)23)19(27)24-9-13(26)10-30-14-6-7-16-17(8-14)32-11-31-16/h2-8,12-13,25-26H,9-11H2,1H3,(H,24,27)/t12-,13?/m0/s1. The molecule has 0 aromatic heterocycles. The molecule has 1 unspecified atom stereocenters. The number of carbonyl (C=O) groups excluding carboxylic acids is 1. The molecule has 180 valence electrons. The fraction of sp³-hybridized carbons (Fsp3) is 0.350. The van der Waals surface area contributed by atoms with Gasteiger partial charge in [-0.1, -0.05) is 12.1 Å². The summed E-state index contributed by atoms with van der Waals surface area (Å²) >= 11 is 0. The number of sulfonamides is 1. The van der Waals surface area contributed by atoms with Gasteiger partial charge in [0.1, 0.15) is 18.5 Å². The van der Waals surface area contributed by atoms with Crippen molar-refractivity contribution in [3.8, 4) is 17.2 Å². The molecule has 1 aliphatic rings. The molecular weight excluding hydrogens is 469 g/mol. The molecule has 1 heterocycles. The minimum atomic E-state index is -4.89. The van der Waals surface area contributed by atoms with E-state index in [-0.39, 0.29) is 19.9 Å². The minimum Gasteiger partial charge on any atom is -0.491 e. The highest BCUT2D eigenvalue weighted by Gasteiger charge is 2.37. The Morgan fingerprint density at radius 3 is 2.61 bits per heavy atom. The Labute approximate surface area is 187 Å². The Kier molecular flexibility index (Phi) is 7.34. The number of ether oxygens (including phenoxy) is 3. The molecule has 0 spiro atoms. The van der Waals surface area contributed by atoms with Gasteiger partial charge in [-0.15, -0.1) is 0 Å². The zero-order valence-corrected chi connectivity index (χ0v) is 18.1. The van der Waals surface area contributed by atoms with Gasteiger partial charge in [-0.05, 0) is 31.2 Å². The van der Waals surface area contributed by atoms with E-state index in [1.165, 1.54) is 6.92 Å². The molecule has 13 heteroatoms. The minimum absolute atomic E-state index is 0.0944. The van der Waals surface area contributed by atoms with Gasteiger partial charge in [-0.25, -0.2) is 8.42 Å². The van der Waals surface area contributed by atoms with Crippen LogP contribution < -0.4 is 24.2 Å². The van der Waals surface area contributed by atoms with E-state index < -0.39 is 44.7 Å². The van der Waals surface area contributed by atoms with Crippen LogP contribution in [0.25, 0.3) is 0 Å². The molecule has 2 atom stereocenters. The Balaban J connectivity index is 1.51. The predicted molar refractivity (Wildman–Crippen MR) is 108 cm³/mol. The third-order valence-electron chi connectivity index (χ3n) is 4.51. The fourth-order valence-electron chi connectivity index (χ4n) is 2.87. The molecule has 1 aliphatic heterocycles. The molecular formula is C20H21F3N2O7S. The number of aliphatic hydroxyl groups excluding tert-OH is 1. The van der Waals surface area contributed by atoms with Crippen molar-refractivity contribution in [2.75, 3.05) is 19.9 Å². The van der Waals surface area contributed by atoms with Crippen molar-refractivity contribution in [2.24, 2.45) is 0 Å². The van der Waals surface area contributed by atoms with Gasteiger partial charge in [0.15, 0.2) is 11.5 Å². The normalized spacial score (nSPS) is 15.1. The molecule has 3 rings (SSSR count). The lowest BCUT2D eigenvalue weighted by Crippen LogP contribution is -2.47. The second-order valence-corrected chi connectivity index (χ2v) is 8.74. The van der Waals surface area contributed by atoms with Crippen LogP contribution >= 0.6 is 0 Å². The molecule has 0 radical (unpaired) electrons. The first-order valence-electron chi connectivity index (χ1n) is 9.64. The first kappa shape index (κ1) is 24.6. The molecule has 0 saturated heterocycles. The van der Waals surface area contributed by atoms with Gasteiger partial charge in [0, 0.05) is 12.6 Å². The second-order valence-electron chi connectivity index (χ2n) is 7.06. The number of benzene rings is 2. The smallest absolute Gasteiger partial charge is 0.417 e. The molecule has 0 saturated carbocycles. The Morgan fingerprint density at radius 1 is 1.18 bits per heavy atom. The summed E-state index contributed by atoms with van der Waals surface area (Å²) in [4.78, 5) is 11.2. The lowest BCUT2D eigenvalue weighted by atomic mass is 10.2. The maximum absolute atomic E-state index is 13.1. The Bertz CT molecular complexity index is 1110.